The molecule has 1 aliphatic carbocycles. The number of Topliss-reactive ketones (excluding diaryl/α,β-unsaturated/α-hetero) is 1. The molecule has 0 radical (unpaired) electrons. The Kier molecular flexibility index (Phi) is 4.29. The monoisotopic (exact) mass is 308 g/mol. The van der Waals surface area contributed by atoms with E-state index in [0.29, 0.717) is 0 Å². The molecule has 0 aromatic rings. The van der Waals surface area contributed by atoms with Gasteiger partial charge >= 0.3 is 12.1 Å². The summed E-state index contributed by atoms with van der Waals surface area (Å²) in [4.78, 5) is 11.3. The smallest absolute Gasteiger partial charge is 0.292 e. The van der Waals surface area contributed by atoms with Gasteiger partial charge in [-0.3, -0.25) is 4.79 Å². The molecule has 112 valence electrons. The Balaban J connectivity index is 2.90. The summed E-state index contributed by atoms with van der Waals surface area (Å²) in [5, 5.41) is -1.03. The number of sulfone groups is 1. The Bertz CT molecular complexity index is 454. The molecule has 0 N–H and O–H groups in total. The van der Waals surface area contributed by atoms with Gasteiger partial charge in [-0.25, -0.2) is 8.42 Å². The molecule has 0 heterocycles. The first kappa shape index (κ1) is 16.3. The predicted octanol–water partition coefficient (Wildman–Crippen LogP) is 2.36. The maximum atomic E-state index is 12.9. The number of rotatable bonds is 3. The van der Waals surface area contributed by atoms with E-state index in [0.717, 1.165) is 6.26 Å². The Morgan fingerprint density at radius 2 is 1.63 bits per heavy atom. The number of hydrogen-bond donors (Lipinski definition) is 0. The standard InChI is InChI=1S/C10H13F5O3S/c1-19(17,18)7-4-2-3-6(5-7)8(16)9(11,12)10(13,14)15/h6-7H,2-5H2,1H3. The summed E-state index contributed by atoms with van der Waals surface area (Å²) in [6, 6.07) is 0. The van der Waals surface area contributed by atoms with Crippen LogP contribution in [0.4, 0.5) is 22.0 Å². The lowest BCUT2D eigenvalue weighted by Gasteiger charge is -2.30. The quantitative estimate of drug-likeness (QED) is 0.752. The van der Waals surface area contributed by atoms with E-state index in [2.05, 4.69) is 0 Å². The van der Waals surface area contributed by atoms with Crippen LogP contribution >= 0.6 is 0 Å². The summed E-state index contributed by atoms with van der Waals surface area (Å²) < 4.78 is 84.6. The lowest BCUT2D eigenvalue weighted by molar-refractivity contribution is -0.270. The molecular weight excluding hydrogens is 295 g/mol. The fourth-order valence-electron chi connectivity index (χ4n) is 2.17. The lowest BCUT2D eigenvalue weighted by atomic mass is 9.83. The minimum atomic E-state index is -5.94. The zero-order valence-electron chi connectivity index (χ0n) is 10.0. The molecule has 0 aromatic heterocycles. The highest BCUT2D eigenvalue weighted by atomic mass is 32.2. The molecular formula is C10H13F5O3S. The highest BCUT2D eigenvalue weighted by molar-refractivity contribution is 7.91. The van der Waals surface area contributed by atoms with Crippen molar-refractivity contribution in [1.82, 2.24) is 0 Å². The van der Waals surface area contributed by atoms with Crippen molar-refractivity contribution in [3.05, 3.63) is 0 Å². The topological polar surface area (TPSA) is 51.2 Å². The summed E-state index contributed by atoms with van der Waals surface area (Å²) in [6.45, 7) is 0. The molecule has 0 saturated heterocycles. The molecule has 0 spiro atoms. The Hall–Kier alpha value is -0.730. The van der Waals surface area contributed by atoms with Crippen molar-refractivity contribution in [2.24, 2.45) is 5.92 Å². The average Bonchev–Trinajstić information content (AvgIpc) is 2.25. The van der Waals surface area contributed by atoms with Crippen molar-refractivity contribution in [3.8, 4) is 0 Å². The third-order valence-electron chi connectivity index (χ3n) is 3.27. The summed E-state index contributed by atoms with van der Waals surface area (Å²) >= 11 is 0. The van der Waals surface area contributed by atoms with Gasteiger partial charge in [0.15, 0.2) is 0 Å². The minimum absolute atomic E-state index is 0.141. The maximum absolute atomic E-state index is 12.9. The number of halogens is 5. The van der Waals surface area contributed by atoms with Crippen LogP contribution < -0.4 is 0 Å². The van der Waals surface area contributed by atoms with Crippen LogP contribution in [0, 0.1) is 5.92 Å². The molecule has 3 nitrogen and oxygen atoms in total. The van der Waals surface area contributed by atoms with Crippen molar-refractivity contribution in [1.29, 1.82) is 0 Å². The second kappa shape index (κ2) is 4.99. The van der Waals surface area contributed by atoms with E-state index in [1.165, 1.54) is 0 Å². The van der Waals surface area contributed by atoms with Gasteiger partial charge in [-0.2, -0.15) is 22.0 Å². The van der Waals surface area contributed by atoms with Crippen LogP contribution in [0.3, 0.4) is 0 Å². The first-order valence-corrected chi connectivity index (χ1v) is 7.50. The molecule has 1 fully saturated rings. The van der Waals surface area contributed by atoms with Crippen LogP contribution in [-0.4, -0.2) is 37.8 Å². The van der Waals surface area contributed by atoms with Crippen LogP contribution in [0.15, 0.2) is 0 Å². The summed E-state index contributed by atoms with van der Waals surface area (Å²) in [7, 11) is -3.55. The molecule has 0 aliphatic heterocycles. The van der Waals surface area contributed by atoms with Gasteiger partial charge in [-0.05, 0) is 19.3 Å². The third-order valence-corrected chi connectivity index (χ3v) is 4.91. The summed E-state index contributed by atoms with van der Waals surface area (Å²) in [5.41, 5.74) is 0. The van der Waals surface area contributed by atoms with E-state index >= 15 is 0 Å². The van der Waals surface area contributed by atoms with Crippen LogP contribution in [0.25, 0.3) is 0 Å². The van der Waals surface area contributed by atoms with Gasteiger partial charge in [0.25, 0.3) is 0 Å². The Labute approximate surface area is 107 Å². The molecule has 1 saturated carbocycles. The van der Waals surface area contributed by atoms with Gasteiger partial charge in [0, 0.05) is 12.2 Å². The Morgan fingerprint density at radius 3 is 2.05 bits per heavy atom. The fourth-order valence-corrected chi connectivity index (χ4v) is 3.34. The van der Waals surface area contributed by atoms with Crippen LogP contribution in [0.2, 0.25) is 0 Å². The lowest BCUT2D eigenvalue weighted by Crippen LogP contribution is -2.48. The number of hydrogen-bond acceptors (Lipinski definition) is 3. The Morgan fingerprint density at radius 1 is 1.11 bits per heavy atom. The first-order valence-electron chi connectivity index (χ1n) is 5.55. The molecule has 1 aliphatic rings. The van der Waals surface area contributed by atoms with Crippen LogP contribution in [0.5, 0.6) is 0 Å². The number of ketones is 1. The highest BCUT2D eigenvalue weighted by Gasteiger charge is 2.64. The molecule has 0 bridgehead atoms. The van der Waals surface area contributed by atoms with E-state index in [4.69, 9.17) is 0 Å². The molecule has 2 atom stereocenters. The predicted molar refractivity (Wildman–Crippen MR) is 56.6 cm³/mol. The molecule has 9 heteroatoms. The van der Waals surface area contributed by atoms with Gasteiger partial charge in [-0.15, -0.1) is 0 Å². The number of alkyl halides is 5. The number of carbonyl (C=O) groups excluding carboxylic acids is 1. The van der Waals surface area contributed by atoms with E-state index < -0.39 is 45.3 Å². The van der Waals surface area contributed by atoms with Crippen molar-refractivity contribution < 1.29 is 35.2 Å². The molecule has 1 rings (SSSR count). The largest absolute Gasteiger partial charge is 0.461 e. The van der Waals surface area contributed by atoms with E-state index in [9.17, 15) is 35.2 Å². The molecule has 0 amide bonds. The van der Waals surface area contributed by atoms with Crippen LogP contribution in [-0.2, 0) is 14.6 Å². The van der Waals surface area contributed by atoms with Crippen molar-refractivity contribution in [2.45, 2.75) is 43.0 Å². The summed E-state index contributed by atoms with van der Waals surface area (Å²) in [5.74, 6) is -9.21. The van der Waals surface area contributed by atoms with E-state index in [-0.39, 0.29) is 19.3 Å². The van der Waals surface area contributed by atoms with Gasteiger partial charge in [0.05, 0.1) is 5.25 Å². The third kappa shape index (κ3) is 3.43. The van der Waals surface area contributed by atoms with Gasteiger partial charge in [0.2, 0.25) is 5.78 Å². The molecule has 2 unspecified atom stereocenters. The number of carbonyl (C=O) groups is 1. The van der Waals surface area contributed by atoms with E-state index in [1.54, 1.807) is 0 Å². The van der Waals surface area contributed by atoms with Crippen molar-refractivity contribution in [2.75, 3.05) is 6.26 Å². The normalized spacial score (nSPS) is 26.2. The van der Waals surface area contributed by atoms with Gasteiger partial charge < -0.3 is 0 Å². The second-order valence-electron chi connectivity index (χ2n) is 4.75. The highest BCUT2D eigenvalue weighted by Crippen LogP contribution is 2.41. The zero-order valence-corrected chi connectivity index (χ0v) is 10.8. The SMILES string of the molecule is CS(=O)(=O)C1CCCC(C(=O)C(F)(F)C(F)(F)F)C1. The average molecular weight is 308 g/mol. The van der Waals surface area contributed by atoms with Crippen LogP contribution in [0.1, 0.15) is 25.7 Å². The van der Waals surface area contributed by atoms with Crippen molar-refractivity contribution >= 4 is 15.6 Å². The maximum Gasteiger partial charge on any atom is 0.461 e. The van der Waals surface area contributed by atoms with Gasteiger partial charge in [-0.1, -0.05) is 6.42 Å². The molecule has 19 heavy (non-hydrogen) atoms. The van der Waals surface area contributed by atoms with Crippen molar-refractivity contribution in [3.63, 3.8) is 0 Å². The first-order chi connectivity index (χ1) is 8.37. The summed E-state index contributed by atoms with van der Waals surface area (Å²) in [6.07, 6.45) is -5.35. The zero-order chi connectivity index (χ0) is 15.1. The minimum Gasteiger partial charge on any atom is -0.292 e. The fraction of sp³-hybridized carbons (Fsp3) is 0.900. The van der Waals surface area contributed by atoms with Gasteiger partial charge in [0.1, 0.15) is 9.84 Å². The van der Waals surface area contributed by atoms with E-state index in [1.807, 2.05) is 0 Å². The second-order valence-corrected chi connectivity index (χ2v) is 7.08. The molecule has 0 aromatic carbocycles.